The maximum atomic E-state index is 12.0. The normalized spacial score (nSPS) is 21.5. The molecule has 0 unspecified atom stereocenters. The molecule has 4 nitrogen and oxygen atoms in total. The van der Waals surface area contributed by atoms with E-state index in [1.54, 1.807) is 11.3 Å². The lowest BCUT2D eigenvalue weighted by Crippen LogP contribution is -2.40. The maximum Gasteiger partial charge on any atom is 0.220 e. The molecule has 1 aromatic heterocycles. The van der Waals surface area contributed by atoms with Crippen molar-refractivity contribution < 1.29 is 4.79 Å². The average Bonchev–Trinajstić information content (AvgIpc) is 2.99. The number of fused-ring (bicyclic) bond motifs is 1. The Morgan fingerprint density at radius 1 is 1.28 bits per heavy atom. The molecule has 0 aliphatic carbocycles. The number of aryl methyl sites for hydroxylation is 1. The topological polar surface area (TPSA) is 45.2 Å². The Labute approximate surface area is 154 Å². The molecule has 136 valence electrons. The van der Waals surface area contributed by atoms with E-state index in [1.807, 2.05) is 18.2 Å². The molecule has 1 N–H and O–H groups in total. The molecule has 2 heterocycles. The first-order chi connectivity index (χ1) is 12.1. The van der Waals surface area contributed by atoms with Crippen molar-refractivity contribution in [3.8, 4) is 0 Å². The Kier molecular flexibility index (Phi) is 6.43. The number of piperidine rings is 1. The van der Waals surface area contributed by atoms with Crippen molar-refractivity contribution in [2.45, 2.75) is 39.5 Å². The monoisotopic (exact) mass is 359 g/mol. The third-order valence-corrected chi connectivity index (χ3v) is 5.92. The first kappa shape index (κ1) is 18.3. The highest BCUT2D eigenvalue weighted by atomic mass is 32.1. The molecular weight excluding hydrogens is 330 g/mol. The van der Waals surface area contributed by atoms with E-state index in [-0.39, 0.29) is 5.91 Å². The van der Waals surface area contributed by atoms with Crippen molar-refractivity contribution in [2.24, 2.45) is 11.8 Å². The fourth-order valence-electron chi connectivity index (χ4n) is 3.84. The van der Waals surface area contributed by atoms with Gasteiger partial charge in [-0.1, -0.05) is 26.0 Å². The van der Waals surface area contributed by atoms with Gasteiger partial charge in [-0.15, -0.1) is 11.3 Å². The number of amides is 1. The SMILES string of the molecule is C[C@@H]1C[C@H](C)CN(CCCNC(=O)CCc2nc3ccccc3s2)C1. The molecule has 3 rings (SSSR count). The molecule has 5 heteroatoms. The Morgan fingerprint density at radius 2 is 2.04 bits per heavy atom. The van der Waals surface area contributed by atoms with E-state index in [2.05, 4.69) is 35.1 Å². The minimum atomic E-state index is 0.139. The van der Waals surface area contributed by atoms with Crippen LogP contribution < -0.4 is 5.32 Å². The summed E-state index contributed by atoms with van der Waals surface area (Å²) in [5, 5.41) is 4.11. The predicted molar refractivity (Wildman–Crippen MR) is 105 cm³/mol. The summed E-state index contributed by atoms with van der Waals surface area (Å²) in [4.78, 5) is 19.2. The third-order valence-electron chi connectivity index (χ3n) is 4.82. The number of thiazole rings is 1. The second-order valence-electron chi connectivity index (χ2n) is 7.48. The standard InChI is InChI=1S/C20H29N3OS/c1-15-12-16(2)14-23(13-15)11-5-10-21-19(24)8-9-20-22-17-6-3-4-7-18(17)25-20/h3-4,6-7,15-16H,5,8-14H2,1-2H3,(H,21,24)/t15-,16+. The molecule has 1 amide bonds. The highest BCUT2D eigenvalue weighted by molar-refractivity contribution is 7.18. The summed E-state index contributed by atoms with van der Waals surface area (Å²) < 4.78 is 1.20. The molecule has 2 atom stereocenters. The number of likely N-dealkylation sites (tertiary alicyclic amines) is 1. The number of nitrogens with zero attached hydrogens (tertiary/aromatic N) is 2. The molecule has 1 aromatic carbocycles. The summed E-state index contributed by atoms with van der Waals surface area (Å²) in [6.07, 6.45) is 3.63. The van der Waals surface area contributed by atoms with Gasteiger partial charge in [-0.05, 0) is 43.4 Å². The predicted octanol–water partition coefficient (Wildman–Crippen LogP) is 3.71. The van der Waals surface area contributed by atoms with E-state index >= 15 is 0 Å². The summed E-state index contributed by atoms with van der Waals surface area (Å²) in [6, 6.07) is 8.14. The van der Waals surface area contributed by atoms with Crippen molar-refractivity contribution in [2.75, 3.05) is 26.2 Å². The molecule has 0 bridgehead atoms. The van der Waals surface area contributed by atoms with Gasteiger partial charge in [0.2, 0.25) is 5.91 Å². The Balaban J connectivity index is 1.33. The van der Waals surface area contributed by atoms with Gasteiger partial charge in [0.05, 0.1) is 15.2 Å². The van der Waals surface area contributed by atoms with E-state index in [1.165, 1.54) is 24.2 Å². The maximum absolute atomic E-state index is 12.0. The summed E-state index contributed by atoms with van der Waals surface area (Å²) in [7, 11) is 0. The fourth-order valence-corrected chi connectivity index (χ4v) is 4.81. The summed E-state index contributed by atoms with van der Waals surface area (Å²) in [6.45, 7) is 8.95. The summed E-state index contributed by atoms with van der Waals surface area (Å²) in [5.74, 6) is 1.74. The van der Waals surface area contributed by atoms with Gasteiger partial charge >= 0.3 is 0 Å². The average molecular weight is 360 g/mol. The van der Waals surface area contributed by atoms with Crippen LogP contribution in [-0.2, 0) is 11.2 Å². The number of hydrogen-bond donors (Lipinski definition) is 1. The number of carbonyl (C=O) groups is 1. The van der Waals surface area contributed by atoms with Crippen molar-refractivity contribution in [3.63, 3.8) is 0 Å². The van der Waals surface area contributed by atoms with E-state index in [0.717, 1.165) is 48.3 Å². The molecule has 1 fully saturated rings. The summed E-state index contributed by atoms with van der Waals surface area (Å²) >= 11 is 1.69. The van der Waals surface area contributed by atoms with E-state index in [9.17, 15) is 4.79 Å². The Hall–Kier alpha value is -1.46. The van der Waals surface area contributed by atoms with Crippen molar-refractivity contribution in [1.29, 1.82) is 0 Å². The lowest BCUT2D eigenvalue weighted by Gasteiger charge is -2.34. The van der Waals surface area contributed by atoms with Gasteiger partial charge in [0.1, 0.15) is 0 Å². The van der Waals surface area contributed by atoms with E-state index in [0.29, 0.717) is 6.42 Å². The summed E-state index contributed by atoms with van der Waals surface area (Å²) in [5.41, 5.74) is 1.04. The second kappa shape index (κ2) is 8.77. The number of hydrogen-bond acceptors (Lipinski definition) is 4. The van der Waals surface area contributed by atoms with Crippen LogP contribution in [0.5, 0.6) is 0 Å². The fraction of sp³-hybridized carbons (Fsp3) is 0.600. The van der Waals surface area contributed by atoms with Crippen LogP contribution in [0.1, 0.15) is 38.1 Å². The molecule has 0 radical (unpaired) electrons. The quantitative estimate of drug-likeness (QED) is 0.767. The Morgan fingerprint density at radius 3 is 2.80 bits per heavy atom. The number of benzene rings is 1. The molecule has 0 saturated carbocycles. The number of rotatable bonds is 7. The highest BCUT2D eigenvalue weighted by Gasteiger charge is 2.21. The zero-order chi connectivity index (χ0) is 17.6. The van der Waals surface area contributed by atoms with Crippen LogP contribution in [0.15, 0.2) is 24.3 Å². The molecule has 1 aliphatic heterocycles. The lowest BCUT2D eigenvalue weighted by molar-refractivity contribution is -0.121. The van der Waals surface area contributed by atoms with Gasteiger partial charge in [0, 0.05) is 32.5 Å². The van der Waals surface area contributed by atoms with Gasteiger partial charge < -0.3 is 10.2 Å². The van der Waals surface area contributed by atoms with Gasteiger partial charge in [-0.25, -0.2) is 4.98 Å². The molecule has 0 spiro atoms. The number of para-hydroxylation sites is 1. The molecular formula is C20H29N3OS. The smallest absolute Gasteiger partial charge is 0.220 e. The second-order valence-corrected chi connectivity index (χ2v) is 8.60. The van der Waals surface area contributed by atoms with Crippen LogP contribution in [-0.4, -0.2) is 42.0 Å². The largest absolute Gasteiger partial charge is 0.356 e. The van der Waals surface area contributed by atoms with Crippen molar-refractivity contribution in [3.05, 3.63) is 29.3 Å². The molecule has 25 heavy (non-hydrogen) atoms. The first-order valence-electron chi connectivity index (χ1n) is 9.43. The minimum absolute atomic E-state index is 0.139. The van der Waals surface area contributed by atoms with Crippen LogP contribution in [0.3, 0.4) is 0 Å². The van der Waals surface area contributed by atoms with Crippen LogP contribution in [0.25, 0.3) is 10.2 Å². The molecule has 2 aromatic rings. The third kappa shape index (κ3) is 5.51. The van der Waals surface area contributed by atoms with Gasteiger partial charge in [-0.2, -0.15) is 0 Å². The minimum Gasteiger partial charge on any atom is -0.356 e. The van der Waals surface area contributed by atoms with Crippen LogP contribution in [0, 0.1) is 11.8 Å². The zero-order valence-corrected chi connectivity index (χ0v) is 16.1. The van der Waals surface area contributed by atoms with Gasteiger partial charge in [0.15, 0.2) is 0 Å². The van der Waals surface area contributed by atoms with Gasteiger partial charge in [-0.3, -0.25) is 4.79 Å². The zero-order valence-electron chi connectivity index (χ0n) is 15.3. The van der Waals surface area contributed by atoms with Crippen molar-refractivity contribution in [1.82, 2.24) is 15.2 Å². The van der Waals surface area contributed by atoms with Crippen LogP contribution in [0.2, 0.25) is 0 Å². The lowest BCUT2D eigenvalue weighted by atomic mass is 9.92. The first-order valence-corrected chi connectivity index (χ1v) is 10.3. The number of aromatic nitrogens is 1. The van der Waals surface area contributed by atoms with Crippen LogP contribution in [0.4, 0.5) is 0 Å². The Bertz CT molecular complexity index is 656. The van der Waals surface area contributed by atoms with E-state index < -0.39 is 0 Å². The highest BCUT2D eigenvalue weighted by Crippen LogP contribution is 2.22. The molecule has 1 aliphatic rings. The van der Waals surface area contributed by atoms with E-state index in [4.69, 9.17) is 0 Å². The van der Waals surface area contributed by atoms with Gasteiger partial charge in [0.25, 0.3) is 0 Å². The van der Waals surface area contributed by atoms with Crippen molar-refractivity contribution >= 4 is 27.5 Å². The van der Waals surface area contributed by atoms with Crippen LogP contribution >= 0.6 is 11.3 Å². The number of nitrogens with one attached hydrogen (secondary N) is 1. The molecule has 1 saturated heterocycles. The number of carbonyl (C=O) groups excluding carboxylic acids is 1.